The van der Waals surface area contributed by atoms with Gasteiger partial charge in [0.15, 0.2) is 0 Å². The van der Waals surface area contributed by atoms with Crippen LogP contribution >= 0.6 is 11.3 Å². The lowest BCUT2D eigenvalue weighted by Crippen LogP contribution is -2.56. The molecule has 0 aliphatic carbocycles. The number of piperidine rings is 2. The zero-order valence-electron chi connectivity index (χ0n) is 12.9. The molecule has 0 aromatic carbocycles. The van der Waals surface area contributed by atoms with Crippen LogP contribution in [0.2, 0.25) is 0 Å². The largest absolute Gasteiger partial charge is 0.317 e. The lowest BCUT2D eigenvalue weighted by Gasteiger charge is -2.51. The number of aromatic nitrogens is 1. The highest BCUT2D eigenvalue weighted by Crippen LogP contribution is 2.40. The summed E-state index contributed by atoms with van der Waals surface area (Å²) in [7, 11) is 2.12. The Kier molecular flexibility index (Phi) is 4.43. The molecule has 2 aliphatic heterocycles. The summed E-state index contributed by atoms with van der Waals surface area (Å²) in [4.78, 5) is 8.90. The normalized spacial score (nSPS) is 32.2. The summed E-state index contributed by atoms with van der Waals surface area (Å²) >= 11 is 1.91. The summed E-state index contributed by atoms with van der Waals surface area (Å²) in [6, 6.07) is 2.72. The van der Waals surface area contributed by atoms with E-state index in [0.29, 0.717) is 6.04 Å². The van der Waals surface area contributed by atoms with Crippen molar-refractivity contribution in [1.29, 1.82) is 0 Å². The summed E-state index contributed by atoms with van der Waals surface area (Å²) in [6.07, 6.45) is 9.95. The third-order valence-corrected chi connectivity index (χ3v) is 6.48. The summed E-state index contributed by atoms with van der Waals surface area (Å²) < 4.78 is 0. The SMILES string of the molecule is CCc1cnc(C(C)N2C3CCCC2CC(NC)C3)s1. The minimum Gasteiger partial charge on any atom is -0.317 e. The Labute approximate surface area is 126 Å². The van der Waals surface area contributed by atoms with Crippen LogP contribution in [0.15, 0.2) is 6.20 Å². The molecule has 3 nitrogen and oxygen atoms in total. The number of fused-ring (bicyclic) bond motifs is 2. The van der Waals surface area contributed by atoms with E-state index in [2.05, 4.69) is 42.3 Å². The third kappa shape index (κ3) is 2.66. The molecular weight excluding hydrogens is 266 g/mol. The molecule has 0 saturated carbocycles. The van der Waals surface area contributed by atoms with Gasteiger partial charge in [-0.25, -0.2) is 4.98 Å². The van der Waals surface area contributed by atoms with E-state index in [1.54, 1.807) is 0 Å². The van der Waals surface area contributed by atoms with Crippen LogP contribution in [-0.4, -0.2) is 35.1 Å². The Morgan fingerprint density at radius 1 is 1.40 bits per heavy atom. The van der Waals surface area contributed by atoms with Crippen molar-refractivity contribution in [3.8, 4) is 0 Å². The first-order valence-corrected chi connectivity index (χ1v) is 8.93. The van der Waals surface area contributed by atoms with Crippen molar-refractivity contribution in [2.24, 2.45) is 0 Å². The van der Waals surface area contributed by atoms with Crippen molar-refractivity contribution >= 4 is 11.3 Å². The molecule has 2 fully saturated rings. The molecule has 3 atom stereocenters. The van der Waals surface area contributed by atoms with Gasteiger partial charge in [-0.2, -0.15) is 0 Å². The van der Waals surface area contributed by atoms with E-state index in [0.717, 1.165) is 24.5 Å². The highest BCUT2D eigenvalue weighted by Gasteiger charge is 2.40. The van der Waals surface area contributed by atoms with Gasteiger partial charge in [0.1, 0.15) is 5.01 Å². The van der Waals surface area contributed by atoms with E-state index in [1.165, 1.54) is 42.0 Å². The molecule has 1 aromatic heterocycles. The summed E-state index contributed by atoms with van der Waals surface area (Å²) in [5.74, 6) is 0. The van der Waals surface area contributed by atoms with Crippen LogP contribution in [0.1, 0.15) is 61.9 Å². The Morgan fingerprint density at radius 2 is 2.10 bits per heavy atom. The van der Waals surface area contributed by atoms with Crippen LogP contribution in [-0.2, 0) is 6.42 Å². The predicted octanol–water partition coefficient (Wildman–Crippen LogP) is 3.37. The van der Waals surface area contributed by atoms with Crippen molar-refractivity contribution in [3.63, 3.8) is 0 Å². The van der Waals surface area contributed by atoms with E-state index >= 15 is 0 Å². The first kappa shape index (κ1) is 14.5. The Hall–Kier alpha value is -0.450. The second-order valence-corrected chi connectivity index (χ2v) is 7.48. The number of nitrogens with zero attached hydrogens (tertiary/aromatic N) is 2. The van der Waals surface area contributed by atoms with Gasteiger partial charge in [0, 0.05) is 29.2 Å². The van der Waals surface area contributed by atoms with Crippen molar-refractivity contribution in [2.45, 2.75) is 76.5 Å². The van der Waals surface area contributed by atoms with Crippen molar-refractivity contribution < 1.29 is 0 Å². The van der Waals surface area contributed by atoms with Gasteiger partial charge in [0.25, 0.3) is 0 Å². The standard InChI is InChI=1S/C16H27N3S/c1-4-15-10-18-16(20-15)11(2)19-13-6-5-7-14(19)9-12(8-13)17-3/h10-14,17H,4-9H2,1-3H3. The lowest BCUT2D eigenvalue weighted by atomic mass is 9.81. The molecule has 0 radical (unpaired) electrons. The van der Waals surface area contributed by atoms with Gasteiger partial charge in [0.05, 0.1) is 6.04 Å². The van der Waals surface area contributed by atoms with Crippen LogP contribution in [0, 0.1) is 0 Å². The maximum absolute atomic E-state index is 4.69. The molecule has 2 bridgehead atoms. The van der Waals surface area contributed by atoms with Crippen LogP contribution in [0.3, 0.4) is 0 Å². The summed E-state index contributed by atoms with van der Waals surface area (Å²) in [5, 5.41) is 4.83. The van der Waals surface area contributed by atoms with Crippen LogP contribution < -0.4 is 5.32 Å². The van der Waals surface area contributed by atoms with Gasteiger partial charge < -0.3 is 5.32 Å². The van der Waals surface area contributed by atoms with Crippen molar-refractivity contribution in [1.82, 2.24) is 15.2 Å². The molecule has 20 heavy (non-hydrogen) atoms. The van der Waals surface area contributed by atoms with Crippen LogP contribution in [0.5, 0.6) is 0 Å². The van der Waals surface area contributed by atoms with Crippen LogP contribution in [0.25, 0.3) is 0 Å². The molecule has 3 rings (SSSR count). The smallest absolute Gasteiger partial charge is 0.110 e. The van der Waals surface area contributed by atoms with Gasteiger partial charge in [-0.15, -0.1) is 11.3 Å². The van der Waals surface area contributed by atoms with Crippen LogP contribution in [0.4, 0.5) is 0 Å². The molecule has 2 aliphatic rings. The molecule has 4 heteroatoms. The highest BCUT2D eigenvalue weighted by atomic mass is 32.1. The zero-order chi connectivity index (χ0) is 14.1. The monoisotopic (exact) mass is 293 g/mol. The average Bonchev–Trinajstić information content (AvgIpc) is 2.94. The van der Waals surface area contributed by atoms with Gasteiger partial charge in [-0.05, 0) is 46.1 Å². The lowest BCUT2D eigenvalue weighted by molar-refractivity contribution is -0.00520. The van der Waals surface area contributed by atoms with Gasteiger partial charge in [-0.1, -0.05) is 13.3 Å². The number of nitrogens with one attached hydrogen (secondary N) is 1. The van der Waals surface area contributed by atoms with E-state index in [-0.39, 0.29) is 0 Å². The van der Waals surface area contributed by atoms with E-state index < -0.39 is 0 Å². The van der Waals surface area contributed by atoms with Gasteiger partial charge in [-0.3, -0.25) is 4.90 Å². The Morgan fingerprint density at radius 3 is 2.65 bits per heavy atom. The predicted molar refractivity (Wildman–Crippen MR) is 85.3 cm³/mol. The molecule has 0 spiro atoms. The second kappa shape index (κ2) is 6.12. The second-order valence-electron chi connectivity index (χ2n) is 6.34. The average molecular weight is 293 g/mol. The molecular formula is C16H27N3S. The topological polar surface area (TPSA) is 28.2 Å². The molecule has 0 amide bonds. The third-order valence-electron chi connectivity index (χ3n) is 5.16. The maximum atomic E-state index is 4.69. The minimum atomic E-state index is 0.494. The fraction of sp³-hybridized carbons (Fsp3) is 0.812. The molecule has 3 unspecified atom stereocenters. The number of hydrogen-bond acceptors (Lipinski definition) is 4. The fourth-order valence-corrected chi connectivity index (χ4v) is 5.01. The number of aryl methyl sites for hydroxylation is 1. The molecule has 1 N–H and O–H groups in total. The van der Waals surface area contributed by atoms with E-state index in [9.17, 15) is 0 Å². The number of rotatable bonds is 4. The molecule has 3 heterocycles. The maximum Gasteiger partial charge on any atom is 0.110 e. The number of thiazole rings is 1. The first-order chi connectivity index (χ1) is 9.72. The Balaban J connectivity index is 1.78. The van der Waals surface area contributed by atoms with Gasteiger partial charge in [0.2, 0.25) is 0 Å². The van der Waals surface area contributed by atoms with Gasteiger partial charge >= 0.3 is 0 Å². The van der Waals surface area contributed by atoms with Crippen molar-refractivity contribution in [3.05, 3.63) is 16.1 Å². The molecule has 1 aromatic rings. The Bertz CT molecular complexity index is 431. The molecule has 112 valence electrons. The fourth-order valence-electron chi connectivity index (χ4n) is 4.09. The highest BCUT2D eigenvalue weighted by molar-refractivity contribution is 7.11. The number of hydrogen-bond donors (Lipinski definition) is 1. The summed E-state index contributed by atoms with van der Waals surface area (Å²) in [5.41, 5.74) is 0. The van der Waals surface area contributed by atoms with E-state index in [4.69, 9.17) is 0 Å². The van der Waals surface area contributed by atoms with E-state index in [1.807, 2.05) is 11.3 Å². The van der Waals surface area contributed by atoms with Crippen molar-refractivity contribution in [2.75, 3.05) is 7.05 Å². The first-order valence-electron chi connectivity index (χ1n) is 8.12. The quantitative estimate of drug-likeness (QED) is 0.922. The summed E-state index contributed by atoms with van der Waals surface area (Å²) in [6.45, 7) is 4.58. The zero-order valence-corrected chi connectivity index (χ0v) is 13.7. The minimum absolute atomic E-state index is 0.494. The molecule has 2 saturated heterocycles.